The van der Waals surface area contributed by atoms with Crippen molar-refractivity contribution in [3.63, 3.8) is 0 Å². The van der Waals surface area contributed by atoms with Crippen molar-refractivity contribution in [2.75, 3.05) is 14.2 Å². The minimum Gasteiger partial charge on any atom is -0.493 e. The van der Waals surface area contributed by atoms with Crippen LogP contribution in [-0.2, 0) is 0 Å². The number of rotatable bonds is 4. The number of halogens is 1. The van der Waals surface area contributed by atoms with Crippen LogP contribution >= 0.6 is 11.6 Å². The predicted molar refractivity (Wildman–Crippen MR) is 89.2 cm³/mol. The van der Waals surface area contributed by atoms with Crippen molar-refractivity contribution < 1.29 is 9.47 Å². The average molecular weight is 325 g/mol. The van der Waals surface area contributed by atoms with Gasteiger partial charge in [-0.25, -0.2) is 0 Å². The highest BCUT2D eigenvalue weighted by Crippen LogP contribution is 2.34. The maximum absolute atomic E-state index is 9.40. The lowest BCUT2D eigenvalue weighted by atomic mass is 10.0. The van der Waals surface area contributed by atoms with Crippen LogP contribution in [0.2, 0.25) is 5.02 Å². The first-order valence-electron chi connectivity index (χ1n) is 6.66. The van der Waals surface area contributed by atoms with Gasteiger partial charge in [-0.05, 0) is 35.4 Å². The number of hydrogen-bond acceptors (Lipinski definition) is 4. The summed E-state index contributed by atoms with van der Waals surface area (Å²) in [4.78, 5) is 0. The average Bonchev–Trinajstić information content (AvgIpc) is 2.60. The van der Waals surface area contributed by atoms with Gasteiger partial charge in [0.1, 0.15) is 0 Å². The summed E-state index contributed by atoms with van der Waals surface area (Å²) in [5, 5.41) is 18.7. The Morgan fingerprint density at radius 2 is 1.65 bits per heavy atom. The molecule has 0 fully saturated rings. The summed E-state index contributed by atoms with van der Waals surface area (Å²) in [5.74, 6) is 1.05. The van der Waals surface area contributed by atoms with E-state index < -0.39 is 0 Å². The molecule has 0 unspecified atom stereocenters. The minimum absolute atomic E-state index is 0.434. The van der Waals surface area contributed by atoms with Crippen LogP contribution in [0.25, 0.3) is 11.6 Å². The van der Waals surface area contributed by atoms with E-state index in [2.05, 4.69) is 6.07 Å². The highest BCUT2D eigenvalue weighted by atomic mass is 35.5. The standard InChI is InChI=1S/C18H13ClN2O2/c1-22-17-8-14(16(19)9-18(17)23-2)7-15(11-21)13-5-3-12(10-20)4-6-13/h3-9H,1-2H3/b15-7+. The molecule has 0 aliphatic heterocycles. The predicted octanol–water partition coefficient (Wildman–Crippen LogP) is 4.29. The second-order valence-corrected chi connectivity index (χ2v) is 4.99. The molecule has 0 aromatic heterocycles. The maximum atomic E-state index is 9.40. The van der Waals surface area contributed by atoms with Gasteiger partial charge in [0.25, 0.3) is 0 Å². The van der Waals surface area contributed by atoms with Gasteiger partial charge in [0, 0.05) is 6.07 Å². The quantitative estimate of drug-likeness (QED) is 0.621. The third kappa shape index (κ3) is 3.63. The molecule has 2 rings (SSSR count). The zero-order valence-electron chi connectivity index (χ0n) is 12.6. The first-order chi connectivity index (χ1) is 11.1. The van der Waals surface area contributed by atoms with Gasteiger partial charge in [-0.1, -0.05) is 23.7 Å². The van der Waals surface area contributed by atoms with Crippen LogP contribution in [0.3, 0.4) is 0 Å². The second-order valence-electron chi connectivity index (χ2n) is 4.59. The van der Waals surface area contributed by atoms with E-state index in [0.717, 1.165) is 0 Å². The Bertz CT molecular complexity index is 828. The Labute approximate surface area is 139 Å². The molecule has 2 aromatic rings. The molecule has 5 heteroatoms. The molecule has 0 amide bonds. The summed E-state index contributed by atoms with van der Waals surface area (Å²) in [6.07, 6.45) is 1.67. The molecule has 0 saturated heterocycles. The molecule has 0 heterocycles. The van der Waals surface area contributed by atoms with Gasteiger partial charge in [0.05, 0.1) is 42.5 Å². The van der Waals surface area contributed by atoms with Crippen LogP contribution in [0.4, 0.5) is 0 Å². The van der Waals surface area contributed by atoms with Crippen LogP contribution in [-0.4, -0.2) is 14.2 Å². The van der Waals surface area contributed by atoms with E-state index in [-0.39, 0.29) is 0 Å². The molecule has 0 spiro atoms. The van der Waals surface area contributed by atoms with Crippen molar-refractivity contribution in [2.24, 2.45) is 0 Å². The number of benzene rings is 2. The number of hydrogen-bond donors (Lipinski definition) is 0. The van der Waals surface area contributed by atoms with Crippen molar-refractivity contribution in [3.8, 4) is 23.6 Å². The molecular formula is C18H13ClN2O2. The molecule has 0 saturated carbocycles. The molecule has 23 heavy (non-hydrogen) atoms. The first kappa shape index (κ1) is 16.4. The van der Waals surface area contributed by atoms with E-state index >= 15 is 0 Å². The highest BCUT2D eigenvalue weighted by molar-refractivity contribution is 6.32. The molecule has 0 atom stereocenters. The van der Waals surface area contributed by atoms with E-state index in [9.17, 15) is 5.26 Å². The van der Waals surface area contributed by atoms with Gasteiger partial charge in [-0.3, -0.25) is 0 Å². The van der Waals surface area contributed by atoms with Crippen molar-refractivity contribution in [2.45, 2.75) is 0 Å². The summed E-state index contributed by atoms with van der Waals surface area (Å²) in [6.45, 7) is 0. The molecule has 4 nitrogen and oxygen atoms in total. The lowest BCUT2D eigenvalue weighted by Gasteiger charge is -2.10. The summed E-state index contributed by atoms with van der Waals surface area (Å²) >= 11 is 6.24. The molecule has 0 aliphatic carbocycles. The fraction of sp³-hybridized carbons (Fsp3) is 0.111. The zero-order valence-corrected chi connectivity index (χ0v) is 13.4. The third-order valence-corrected chi connectivity index (χ3v) is 3.58. The zero-order chi connectivity index (χ0) is 16.8. The second kappa shape index (κ2) is 7.35. The fourth-order valence-electron chi connectivity index (χ4n) is 2.04. The summed E-state index contributed by atoms with van der Waals surface area (Å²) < 4.78 is 10.4. The SMILES string of the molecule is COc1cc(Cl)c(/C=C(\C#N)c2ccc(C#N)cc2)cc1OC. The van der Waals surface area contributed by atoms with Crippen molar-refractivity contribution >= 4 is 23.3 Å². The fourth-order valence-corrected chi connectivity index (χ4v) is 2.25. The Morgan fingerprint density at radius 3 is 2.17 bits per heavy atom. The van der Waals surface area contributed by atoms with E-state index in [0.29, 0.717) is 38.8 Å². The number of ether oxygens (including phenoxy) is 2. The van der Waals surface area contributed by atoms with Crippen LogP contribution < -0.4 is 9.47 Å². The Balaban J connectivity index is 2.49. The maximum Gasteiger partial charge on any atom is 0.162 e. The summed E-state index contributed by atoms with van der Waals surface area (Å²) in [6, 6.07) is 14.3. The van der Waals surface area contributed by atoms with Gasteiger partial charge < -0.3 is 9.47 Å². The smallest absolute Gasteiger partial charge is 0.162 e. The van der Waals surface area contributed by atoms with Crippen LogP contribution in [0.5, 0.6) is 11.5 Å². The minimum atomic E-state index is 0.434. The first-order valence-corrected chi connectivity index (χ1v) is 7.04. The Kier molecular flexibility index (Phi) is 5.25. The Hall–Kier alpha value is -2.95. The van der Waals surface area contributed by atoms with E-state index in [1.807, 2.05) is 6.07 Å². The van der Waals surface area contributed by atoms with E-state index in [1.165, 1.54) is 14.2 Å². The van der Waals surface area contributed by atoms with Crippen LogP contribution in [0, 0.1) is 22.7 Å². The number of allylic oxidation sites excluding steroid dienone is 1. The van der Waals surface area contributed by atoms with Gasteiger partial charge in [-0.15, -0.1) is 0 Å². The van der Waals surface area contributed by atoms with E-state index in [1.54, 1.807) is 42.5 Å². The van der Waals surface area contributed by atoms with Crippen molar-refractivity contribution in [1.29, 1.82) is 10.5 Å². The summed E-state index contributed by atoms with van der Waals surface area (Å²) in [5.41, 5.74) is 2.32. The van der Waals surface area contributed by atoms with Crippen LogP contribution in [0.15, 0.2) is 36.4 Å². The van der Waals surface area contributed by atoms with Gasteiger partial charge in [0.2, 0.25) is 0 Å². The lowest BCUT2D eigenvalue weighted by molar-refractivity contribution is 0.355. The molecule has 114 valence electrons. The molecule has 0 radical (unpaired) electrons. The lowest BCUT2D eigenvalue weighted by Crippen LogP contribution is -1.92. The van der Waals surface area contributed by atoms with E-state index in [4.69, 9.17) is 26.3 Å². The number of nitriles is 2. The Morgan fingerprint density at radius 1 is 1.04 bits per heavy atom. The molecule has 0 N–H and O–H groups in total. The highest BCUT2D eigenvalue weighted by Gasteiger charge is 2.10. The normalized spacial score (nSPS) is 10.6. The van der Waals surface area contributed by atoms with Crippen LogP contribution in [0.1, 0.15) is 16.7 Å². The monoisotopic (exact) mass is 324 g/mol. The van der Waals surface area contributed by atoms with Crippen molar-refractivity contribution in [3.05, 3.63) is 58.1 Å². The molecular weight excluding hydrogens is 312 g/mol. The van der Waals surface area contributed by atoms with Gasteiger partial charge in [0.15, 0.2) is 11.5 Å². The number of nitrogens with zero attached hydrogens (tertiary/aromatic N) is 2. The largest absolute Gasteiger partial charge is 0.493 e. The molecule has 0 aliphatic rings. The van der Waals surface area contributed by atoms with Crippen molar-refractivity contribution in [1.82, 2.24) is 0 Å². The topological polar surface area (TPSA) is 66.0 Å². The molecule has 0 bridgehead atoms. The molecule has 2 aromatic carbocycles. The summed E-state index contributed by atoms with van der Waals surface area (Å²) in [7, 11) is 3.06. The van der Waals surface area contributed by atoms with Gasteiger partial charge >= 0.3 is 0 Å². The number of methoxy groups -OCH3 is 2. The third-order valence-electron chi connectivity index (χ3n) is 3.25. The van der Waals surface area contributed by atoms with Gasteiger partial charge in [-0.2, -0.15) is 10.5 Å².